The van der Waals surface area contributed by atoms with E-state index in [1.807, 2.05) is 30.3 Å². The van der Waals surface area contributed by atoms with Gasteiger partial charge in [0.05, 0.1) is 17.6 Å². The zero-order chi connectivity index (χ0) is 20.4. The lowest BCUT2D eigenvalue weighted by molar-refractivity contribution is 0.102. The van der Waals surface area contributed by atoms with Crippen LogP contribution in [0.4, 0.5) is 10.1 Å². The molecule has 0 aliphatic rings. The SMILES string of the molecule is O=C(Nc1cc(Cl)ccc1F)c1nn(Cc2ccccc2)c(=O)c2ccccc12. The van der Waals surface area contributed by atoms with E-state index in [0.29, 0.717) is 10.8 Å². The molecule has 3 aromatic carbocycles. The molecule has 4 aromatic rings. The zero-order valence-corrected chi connectivity index (χ0v) is 15.9. The fraction of sp³-hybridized carbons (Fsp3) is 0.0455. The van der Waals surface area contributed by atoms with E-state index in [-0.39, 0.29) is 28.5 Å². The number of nitrogens with zero attached hydrogens (tertiary/aromatic N) is 2. The zero-order valence-electron chi connectivity index (χ0n) is 15.1. The molecule has 0 fully saturated rings. The first-order chi connectivity index (χ1) is 14.0. The topological polar surface area (TPSA) is 64.0 Å². The number of halogens is 2. The van der Waals surface area contributed by atoms with Crippen LogP contribution in [0.15, 0.2) is 77.6 Å². The van der Waals surface area contributed by atoms with Gasteiger partial charge in [0.25, 0.3) is 11.5 Å². The molecule has 0 bridgehead atoms. The second-order valence-electron chi connectivity index (χ2n) is 6.42. The Morgan fingerprint density at radius 3 is 2.45 bits per heavy atom. The molecule has 1 heterocycles. The van der Waals surface area contributed by atoms with Crippen LogP contribution in [0.1, 0.15) is 16.1 Å². The summed E-state index contributed by atoms with van der Waals surface area (Å²) in [6, 6.07) is 19.9. The van der Waals surface area contributed by atoms with Gasteiger partial charge in [-0.15, -0.1) is 0 Å². The molecule has 1 N–H and O–H groups in total. The molecule has 0 unspecified atom stereocenters. The van der Waals surface area contributed by atoms with Crippen LogP contribution in [0.2, 0.25) is 5.02 Å². The van der Waals surface area contributed by atoms with E-state index in [1.54, 1.807) is 24.3 Å². The number of hydrogen-bond acceptors (Lipinski definition) is 3. The van der Waals surface area contributed by atoms with Gasteiger partial charge >= 0.3 is 0 Å². The molecular weight excluding hydrogens is 393 g/mol. The normalized spacial score (nSPS) is 10.8. The van der Waals surface area contributed by atoms with Gasteiger partial charge in [0.1, 0.15) is 5.82 Å². The Balaban J connectivity index is 1.80. The van der Waals surface area contributed by atoms with Crippen molar-refractivity contribution in [1.82, 2.24) is 9.78 Å². The van der Waals surface area contributed by atoms with Crippen LogP contribution in [0, 0.1) is 5.82 Å². The second kappa shape index (κ2) is 7.85. The summed E-state index contributed by atoms with van der Waals surface area (Å²) in [5.41, 5.74) is 0.518. The van der Waals surface area contributed by atoms with Crippen LogP contribution in [0.5, 0.6) is 0 Å². The first kappa shape index (κ1) is 18.8. The van der Waals surface area contributed by atoms with Gasteiger partial charge in [0.2, 0.25) is 0 Å². The van der Waals surface area contributed by atoms with Crippen molar-refractivity contribution in [1.29, 1.82) is 0 Å². The Morgan fingerprint density at radius 1 is 1.00 bits per heavy atom. The van der Waals surface area contributed by atoms with Gasteiger partial charge in [-0.3, -0.25) is 9.59 Å². The van der Waals surface area contributed by atoms with E-state index in [4.69, 9.17) is 11.6 Å². The third-order valence-electron chi connectivity index (χ3n) is 4.43. The van der Waals surface area contributed by atoms with Gasteiger partial charge in [-0.2, -0.15) is 5.10 Å². The lowest BCUT2D eigenvalue weighted by Gasteiger charge is -2.12. The Bertz CT molecular complexity index is 1270. The number of nitrogens with one attached hydrogen (secondary N) is 1. The molecule has 7 heteroatoms. The minimum absolute atomic E-state index is 0.0236. The van der Waals surface area contributed by atoms with Crippen molar-refractivity contribution in [2.75, 3.05) is 5.32 Å². The molecule has 0 spiro atoms. The first-order valence-electron chi connectivity index (χ1n) is 8.83. The maximum absolute atomic E-state index is 14.0. The van der Waals surface area contributed by atoms with E-state index in [0.717, 1.165) is 5.56 Å². The van der Waals surface area contributed by atoms with Crippen LogP contribution < -0.4 is 10.9 Å². The van der Waals surface area contributed by atoms with Crippen molar-refractivity contribution in [3.63, 3.8) is 0 Å². The van der Waals surface area contributed by atoms with Crippen LogP contribution in [0.3, 0.4) is 0 Å². The molecule has 144 valence electrons. The summed E-state index contributed by atoms with van der Waals surface area (Å²) in [6.07, 6.45) is 0. The standard InChI is InChI=1S/C22H15ClFN3O2/c23-15-10-11-18(24)19(12-15)25-21(28)20-16-8-4-5-9-17(16)22(29)27(26-20)13-14-6-2-1-3-7-14/h1-12H,13H2,(H,25,28). The number of rotatable bonds is 4. The summed E-state index contributed by atoms with van der Waals surface area (Å²) in [7, 11) is 0. The number of amides is 1. The highest BCUT2D eigenvalue weighted by Gasteiger charge is 2.18. The Kier molecular flexibility index (Phi) is 5.10. The van der Waals surface area contributed by atoms with E-state index in [9.17, 15) is 14.0 Å². The van der Waals surface area contributed by atoms with Gasteiger partial charge in [0, 0.05) is 10.4 Å². The molecule has 0 aliphatic heterocycles. The van der Waals surface area contributed by atoms with Gasteiger partial charge in [-0.05, 0) is 29.8 Å². The molecule has 0 atom stereocenters. The highest BCUT2D eigenvalue weighted by atomic mass is 35.5. The molecule has 1 amide bonds. The number of hydrogen-bond donors (Lipinski definition) is 1. The number of fused-ring (bicyclic) bond motifs is 1. The molecule has 1 aromatic heterocycles. The lowest BCUT2D eigenvalue weighted by Crippen LogP contribution is -2.28. The van der Waals surface area contributed by atoms with Crippen molar-refractivity contribution < 1.29 is 9.18 Å². The van der Waals surface area contributed by atoms with Crippen molar-refractivity contribution in [2.24, 2.45) is 0 Å². The maximum atomic E-state index is 14.0. The van der Waals surface area contributed by atoms with Gasteiger partial charge < -0.3 is 5.32 Å². The van der Waals surface area contributed by atoms with Crippen LogP contribution in [0.25, 0.3) is 10.8 Å². The van der Waals surface area contributed by atoms with E-state index in [1.165, 1.54) is 22.9 Å². The van der Waals surface area contributed by atoms with E-state index in [2.05, 4.69) is 10.4 Å². The number of anilines is 1. The molecule has 29 heavy (non-hydrogen) atoms. The number of aromatic nitrogens is 2. The summed E-state index contributed by atoms with van der Waals surface area (Å²) >= 11 is 5.90. The molecule has 0 aliphatic carbocycles. The third kappa shape index (κ3) is 3.88. The van der Waals surface area contributed by atoms with E-state index >= 15 is 0 Å². The predicted octanol–water partition coefficient (Wildman–Crippen LogP) is 4.49. The third-order valence-corrected chi connectivity index (χ3v) is 4.67. The molecule has 5 nitrogen and oxygen atoms in total. The fourth-order valence-electron chi connectivity index (χ4n) is 3.04. The average molecular weight is 408 g/mol. The van der Waals surface area contributed by atoms with Crippen LogP contribution in [-0.4, -0.2) is 15.7 Å². The van der Waals surface area contributed by atoms with Crippen molar-refractivity contribution in [3.05, 3.63) is 105 Å². The van der Waals surface area contributed by atoms with Crippen molar-refractivity contribution >= 4 is 34.0 Å². The van der Waals surface area contributed by atoms with Crippen molar-refractivity contribution in [3.8, 4) is 0 Å². The predicted molar refractivity (Wildman–Crippen MR) is 111 cm³/mol. The van der Waals surface area contributed by atoms with Gasteiger partial charge in [0.15, 0.2) is 5.69 Å². The number of carbonyl (C=O) groups excluding carboxylic acids is 1. The Labute approximate surface area is 170 Å². The number of benzene rings is 3. The highest BCUT2D eigenvalue weighted by Crippen LogP contribution is 2.21. The minimum Gasteiger partial charge on any atom is -0.318 e. The lowest BCUT2D eigenvalue weighted by atomic mass is 10.1. The summed E-state index contributed by atoms with van der Waals surface area (Å²) in [6.45, 7) is 0.205. The van der Waals surface area contributed by atoms with Gasteiger partial charge in [-0.1, -0.05) is 60.1 Å². The molecule has 4 rings (SSSR count). The molecule has 0 radical (unpaired) electrons. The highest BCUT2D eigenvalue weighted by molar-refractivity contribution is 6.31. The second-order valence-corrected chi connectivity index (χ2v) is 6.86. The monoisotopic (exact) mass is 407 g/mol. The van der Waals surface area contributed by atoms with Crippen LogP contribution >= 0.6 is 11.6 Å². The summed E-state index contributed by atoms with van der Waals surface area (Å²) < 4.78 is 15.3. The fourth-order valence-corrected chi connectivity index (χ4v) is 3.21. The smallest absolute Gasteiger partial charge is 0.276 e. The Morgan fingerprint density at radius 2 is 1.69 bits per heavy atom. The quantitative estimate of drug-likeness (QED) is 0.542. The molecule has 0 saturated heterocycles. The summed E-state index contributed by atoms with van der Waals surface area (Å²) in [4.78, 5) is 25.8. The van der Waals surface area contributed by atoms with Gasteiger partial charge in [-0.25, -0.2) is 9.07 Å². The number of carbonyl (C=O) groups is 1. The largest absolute Gasteiger partial charge is 0.318 e. The minimum atomic E-state index is -0.635. The van der Waals surface area contributed by atoms with Crippen LogP contribution in [-0.2, 0) is 6.54 Å². The molecular formula is C22H15ClFN3O2. The summed E-state index contributed by atoms with van der Waals surface area (Å²) in [5, 5.41) is 7.81. The molecule has 0 saturated carbocycles. The Hall–Kier alpha value is -3.51. The maximum Gasteiger partial charge on any atom is 0.276 e. The van der Waals surface area contributed by atoms with Crippen molar-refractivity contribution in [2.45, 2.75) is 6.54 Å². The average Bonchev–Trinajstić information content (AvgIpc) is 2.73. The van der Waals surface area contributed by atoms with E-state index < -0.39 is 11.7 Å². The first-order valence-corrected chi connectivity index (χ1v) is 9.21. The summed E-state index contributed by atoms with van der Waals surface area (Å²) in [5.74, 6) is -1.26.